The number of rotatable bonds is 4. The average Bonchev–Trinajstić information content (AvgIpc) is 2.63. The Labute approximate surface area is 143 Å². The number of benzene rings is 1. The van der Waals surface area contributed by atoms with Gasteiger partial charge in [-0.05, 0) is 44.2 Å². The highest BCUT2D eigenvalue weighted by molar-refractivity contribution is 5.95. The van der Waals surface area contributed by atoms with Crippen LogP contribution in [0.4, 0.5) is 5.82 Å². The molecule has 1 fully saturated rings. The van der Waals surface area contributed by atoms with Gasteiger partial charge in [0.15, 0.2) is 0 Å². The molecular formula is C19H24N4O. The maximum atomic E-state index is 12.4. The van der Waals surface area contributed by atoms with E-state index in [1.807, 2.05) is 38.2 Å². The van der Waals surface area contributed by atoms with Crippen LogP contribution in [-0.2, 0) is 0 Å². The molecule has 2 heterocycles. The van der Waals surface area contributed by atoms with Crippen LogP contribution in [0, 0.1) is 19.8 Å². The van der Waals surface area contributed by atoms with E-state index < -0.39 is 0 Å². The van der Waals surface area contributed by atoms with Gasteiger partial charge in [-0.15, -0.1) is 0 Å². The minimum Gasteiger partial charge on any atom is -0.355 e. The number of carbonyl (C=O) groups excluding carboxylic acids is 1. The molecule has 5 heteroatoms. The molecule has 1 aromatic heterocycles. The molecule has 0 radical (unpaired) electrons. The summed E-state index contributed by atoms with van der Waals surface area (Å²) in [5.41, 5.74) is 2.92. The van der Waals surface area contributed by atoms with E-state index in [1.54, 1.807) is 12.4 Å². The Bertz CT molecular complexity index is 694. The Hall–Kier alpha value is -2.43. The quantitative estimate of drug-likeness (QED) is 0.939. The molecule has 0 bridgehead atoms. The van der Waals surface area contributed by atoms with Gasteiger partial charge in [0, 0.05) is 37.6 Å². The fraction of sp³-hybridized carbons (Fsp3) is 0.421. The van der Waals surface area contributed by atoms with Gasteiger partial charge in [0.2, 0.25) is 0 Å². The van der Waals surface area contributed by atoms with E-state index in [2.05, 4.69) is 20.2 Å². The molecule has 24 heavy (non-hydrogen) atoms. The van der Waals surface area contributed by atoms with E-state index in [1.165, 1.54) is 0 Å². The first-order valence-corrected chi connectivity index (χ1v) is 8.50. The lowest BCUT2D eigenvalue weighted by molar-refractivity contribution is 0.0944. The van der Waals surface area contributed by atoms with E-state index in [-0.39, 0.29) is 5.91 Å². The van der Waals surface area contributed by atoms with Crippen molar-refractivity contribution in [2.24, 2.45) is 5.92 Å². The fourth-order valence-corrected chi connectivity index (χ4v) is 3.13. The van der Waals surface area contributed by atoms with Crippen molar-refractivity contribution < 1.29 is 4.79 Å². The highest BCUT2D eigenvalue weighted by Gasteiger charge is 2.21. The van der Waals surface area contributed by atoms with Crippen molar-refractivity contribution >= 4 is 11.7 Å². The van der Waals surface area contributed by atoms with Crippen LogP contribution in [0.25, 0.3) is 0 Å². The molecule has 2 aromatic rings. The minimum atomic E-state index is 0.0348. The van der Waals surface area contributed by atoms with E-state index in [9.17, 15) is 4.79 Å². The maximum Gasteiger partial charge on any atom is 0.251 e. The van der Waals surface area contributed by atoms with Gasteiger partial charge in [0.1, 0.15) is 5.82 Å². The highest BCUT2D eigenvalue weighted by Crippen LogP contribution is 2.20. The number of hydrogen-bond acceptors (Lipinski definition) is 4. The van der Waals surface area contributed by atoms with Crippen LogP contribution in [0.1, 0.15) is 34.3 Å². The van der Waals surface area contributed by atoms with Crippen molar-refractivity contribution in [3.8, 4) is 0 Å². The standard InChI is InChI=1S/C19H24N4O/c1-14-3-4-15(2)17(11-14)19(24)22-12-16-5-9-23(10-6-16)18-13-20-7-8-21-18/h3-4,7-8,11,13,16H,5-6,9-10,12H2,1-2H3,(H,22,24). The summed E-state index contributed by atoms with van der Waals surface area (Å²) in [6.45, 7) is 6.65. The second-order valence-corrected chi connectivity index (χ2v) is 6.52. The molecule has 1 saturated heterocycles. The van der Waals surface area contributed by atoms with Gasteiger partial charge in [0.05, 0.1) is 6.20 Å². The van der Waals surface area contributed by atoms with Crippen molar-refractivity contribution in [2.75, 3.05) is 24.5 Å². The summed E-state index contributed by atoms with van der Waals surface area (Å²) >= 11 is 0. The summed E-state index contributed by atoms with van der Waals surface area (Å²) in [6.07, 6.45) is 7.35. The molecule has 1 amide bonds. The predicted molar refractivity (Wildman–Crippen MR) is 95.2 cm³/mol. The van der Waals surface area contributed by atoms with E-state index in [0.717, 1.165) is 55.0 Å². The molecule has 0 spiro atoms. The predicted octanol–water partition coefficient (Wildman–Crippen LogP) is 2.74. The SMILES string of the molecule is Cc1ccc(C)c(C(=O)NCC2CCN(c3cnccn3)CC2)c1. The zero-order valence-electron chi connectivity index (χ0n) is 14.3. The minimum absolute atomic E-state index is 0.0348. The van der Waals surface area contributed by atoms with Crippen molar-refractivity contribution in [3.05, 3.63) is 53.5 Å². The Morgan fingerprint density at radius 3 is 2.75 bits per heavy atom. The van der Waals surface area contributed by atoms with E-state index in [4.69, 9.17) is 0 Å². The Morgan fingerprint density at radius 1 is 1.25 bits per heavy atom. The van der Waals surface area contributed by atoms with Gasteiger partial charge < -0.3 is 10.2 Å². The zero-order chi connectivity index (χ0) is 16.9. The maximum absolute atomic E-state index is 12.4. The second-order valence-electron chi connectivity index (χ2n) is 6.52. The number of carbonyl (C=O) groups is 1. The first-order valence-electron chi connectivity index (χ1n) is 8.50. The summed E-state index contributed by atoms with van der Waals surface area (Å²) in [5.74, 6) is 1.50. The highest BCUT2D eigenvalue weighted by atomic mass is 16.1. The van der Waals surface area contributed by atoms with Crippen molar-refractivity contribution in [2.45, 2.75) is 26.7 Å². The van der Waals surface area contributed by atoms with Gasteiger partial charge in [-0.3, -0.25) is 9.78 Å². The fourth-order valence-electron chi connectivity index (χ4n) is 3.13. The number of nitrogens with zero attached hydrogens (tertiary/aromatic N) is 3. The van der Waals surface area contributed by atoms with Crippen LogP contribution < -0.4 is 10.2 Å². The van der Waals surface area contributed by atoms with E-state index in [0.29, 0.717) is 5.92 Å². The number of amides is 1. The Morgan fingerprint density at radius 2 is 2.04 bits per heavy atom. The lowest BCUT2D eigenvalue weighted by Crippen LogP contribution is -2.39. The number of aromatic nitrogens is 2. The van der Waals surface area contributed by atoms with Crippen LogP contribution in [0.2, 0.25) is 0 Å². The smallest absolute Gasteiger partial charge is 0.251 e. The molecule has 3 rings (SSSR count). The lowest BCUT2D eigenvalue weighted by Gasteiger charge is -2.32. The first kappa shape index (κ1) is 16.4. The van der Waals surface area contributed by atoms with Gasteiger partial charge in [-0.25, -0.2) is 4.98 Å². The number of anilines is 1. The van der Waals surface area contributed by atoms with Gasteiger partial charge >= 0.3 is 0 Å². The molecule has 1 aliphatic heterocycles. The second kappa shape index (κ2) is 7.43. The summed E-state index contributed by atoms with van der Waals surface area (Å²) in [4.78, 5) is 23.1. The molecule has 1 aromatic carbocycles. The Kier molecular flexibility index (Phi) is 5.08. The van der Waals surface area contributed by atoms with Crippen LogP contribution in [0.15, 0.2) is 36.8 Å². The molecular weight excluding hydrogens is 300 g/mol. The number of piperidine rings is 1. The van der Waals surface area contributed by atoms with Gasteiger partial charge in [0.25, 0.3) is 5.91 Å². The molecule has 5 nitrogen and oxygen atoms in total. The van der Waals surface area contributed by atoms with Gasteiger partial charge in [-0.1, -0.05) is 17.7 Å². The summed E-state index contributed by atoms with van der Waals surface area (Å²) in [7, 11) is 0. The molecule has 0 unspecified atom stereocenters. The van der Waals surface area contributed by atoms with Crippen molar-refractivity contribution in [1.29, 1.82) is 0 Å². The average molecular weight is 324 g/mol. The largest absolute Gasteiger partial charge is 0.355 e. The van der Waals surface area contributed by atoms with Crippen LogP contribution >= 0.6 is 0 Å². The topological polar surface area (TPSA) is 58.1 Å². The molecule has 0 atom stereocenters. The van der Waals surface area contributed by atoms with Gasteiger partial charge in [-0.2, -0.15) is 0 Å². The van der Waals surface area contributed by atoms with Crippen LogP contribution in [0.3, 0.4) is 0 Å². The third-order valence-corrected chi connectivity index (χ3v) is 4.68. The molecule has 1 aliphatic rings. The van der Waals surface area contributed by atoms with Crippen LogP contribution in [-0.4, -0.2) is 35.5 Å². The number of hydrogen-bond donors (Lipinski definition) is 1. The zero-order valence-corrected chi connectivity index (χ0v) is 14.3. The Balaban J connectivity index is 1.50. The molecule has 0 saturated carbocycles. The molecule has 1 N–H and O–H groups in total. The molecule has 0 aliphatic carbocycles. The monoisotopic (exact) mass is 324 g/mol. The normalized spacial score (nSPS) is 15.3. The summed E-state index contributed by atoms with van der Waals surface area (Å²) < 4.78 is 0. The summed E-state index contributed by atoms with van der Waals surface area (Å²) in [5, 5.41) is 3.11. The van der Waals surface area contributed by atoms with Crippen molar-refractivity contribution in [1.82, 2.24) is 15.3 Å². The summed E-state index contributed by atoms with van der Waals surface area (Å²) in [6, 6.07) is 6.00. The number of aryl methyl sites for hydroxylation is 2. The van der Waals surface area contributed by atoms with Crippen molar-refractivity contribution in [3.63, 3.8) is 0 Å². The van der Waals surface area contributed by atoms with Crippen LogP contribution in [0.5, 0.6) is 0 Å². The molecule has 126 valence electrons. The third-order valence-electron chi connectivity index (χ3n) is 4.68. The third kappa shape index (κ3) is 3.91. The lowest BCUT2D eigenvalue weighted by atomic mass is 9.96. The number of nitrogens with one attached hydrogen (secondary N) is 1. The first-order chi connectivity index (χ1) is 11.6. The van der Waals surface area contributed by atoms with E-state index >= 15 is 0 Å².